The van der Waals surface area contributed by atoms with E-state index in [4.69, 9.17) is 9.47 Å². The van der Waals surface area contributed by atoms with Crippen LogP contribution in [0.3, 0.4) is 0 Å². The van der Waals surface area contributed by atoms with Crippen LogP contribution in [0.15, 0.2) is 24.4 Å². The van der Waals surface area contributed by atoms with Crippen LogP contribution in [-0.2, 0) is 16.1 Å². The number of aromatic nitrogens is 1. The summed E-state index contributed by atoms with van der Waals surface area (Å²) in [6.45, 7) is 10.3. The normalized spacial score (nSPS) is 23.0. The van der Waals surface area contributed by atoms with Gasteiger partial charge in [-0.2, -0.15) is 0 Å². The molecule has 1 atom stereocenters. The molecule has 0 amide bonds. The van der Waals surface area contributed by atoms with Crippen molar-refractivity contribution in [1.29, 1.82) is 0 Å². The van der Waals surface area contributed by atoms with Gasteiger partial charge < -0.3 is 14.4 Å². The molecule has 0 radical (unpaired) electrons. The summed E-state index contributed by atoms with van der Waals surface area (Å²) in [5, 5.41) is 0. The van der Waals surface area contributed by atoms with E-state index in [0.717, 1.165) is 64.5 Å². The van der Waals surface area contributed by atoms with Crippen LogP contribution in [-0.4, -0.2) is 72.9 Å². The number of hydrogen-bond donors (Lipinski definition) is 0. The topological polar surface area (TPSA) is 37.8 Å². The van der Waals surface area contributed by atoms with Crippen LogP contribution >= 0.6 is 0 Å². The molecule has 5 heteroatoms. The quantitative estimate of drug-likeness (QED) is 0.799. The maximum Gasteiger partial charge on any atom is 0.0891 e. The smallest absolute Gasteiger partial charge is 0.0891 e. The van der Waals surface area contributed by atoms with Crippen molar-refractivity contribution < 1.29 is 9.47 Å². The maximum atomic E-state index is 6.02. The van der Waals surface area contributed by atoms with Crippen LogP contribution in [0.5, 0.6) is 0 Å². The average Bonchev–Trinajstić information content (AvgIpc) is 2.63. The zero-order valence-corrected chi connectivity index (χ0v) is 14.2. The SMILES string of the molecule is CC(CN1CCC(OCc2ccccn2)CC1)N1CCOCC1. The lowest BCUT2D eigenvalue weighted by molar-refractivity contribution is -0.0168. The molecule has 0 spiro atoms. The van der Waals surface area contributed by atoms with E-state index in [0.29, 0.717) is 18.8 Å². The van der Waals surface area contributed by atoms with E-state index in [1.54, 1.807) is 0 Å². The lowest BCUT2D eigenvalue weighted by Gasteiger charge is -2.38. The lowest BCUT2D eigenvalue weighted by Crippen LogP contribution is -2.49. The minimum absolute atomic E-state index is 0.381. The Kier molecular flexibility index (Phi) is 6.39. The third-order valence-corrected chi connectivity index (χ3v) is 4.92. The van der Waals surface area contributed by atoms with Crippen molar-refractivity contribution in [3.8, 4) is 0 Å². The van der Waals surface area contributed by atoms with Gasteiger partial charge >= 0.3 is 0 Å². The predicted octanol–water partition coefficient (Wildman–Crippen LogP) is 1.78. The second-order valence-corrected chi connectivity index (χ2v) is 6.63. The molecule has 1 aromatic heterocycles. The first-order valence-electron chi connectivity index (χ1n) is 8.87. The van der Waals surface area contributed by atoms with Crippen LogP contribution < -0.4 is 0 Å². The maximum absolute atomic E-state index is 6.02. The molecule has 3 rings (SSSR count). The minimum Gasteiger partial charge on any atom is -0.379 e. The van der Waals surface area contributed by atoms with Gasteiger partial charge in [-0.1, -0.05) is 6.07 Å². The molecule has 2 fully saturated rings. The Bertz CT molecular complexity index is 443. The van der Waals surface area contributed by atoms with E-state index in [2.05, 4.69) is 21.7 Å². The van der Waals surface area contributed by atoms with Gasteiger partial charge in [0, 0.05) is 45.0 Å². The summed E-state index contributed by atoms with van der Waals surface area (Å²) in [5.74, 6) is 0. The minimum atomic E-state index is 0.381. The predicted molar refractivity (Wildman–Crippen MR) is 90.3 cm³/mol. The molecule has 1 aromatic rings. The third-order valence-electron chi connectivity index (χ3n) is 4.92. The van der Waals surface area contributed by atoms with Crippen molar-refractivity contribution in [1.82, 2.24) is 14.8 Å². The van der Waals surface area contributed by atoms with Crippen molar-refractivity contribution in [3.63, 3.8) is 0 Å². The number of piperidine rings is 1. The summed E-state index contributed by atoms with van der Waals surface area (Å²) in [6, 6.07) is 6.60. The molecule has 2 aliphatic heterocycles. The van der Waals surface area contributed by atoms with Crippen LogP contribution in [0.4, 0.5) is 0 Å². The van der Waals surface area contributed by atoms with Gasteiger partial charge in [-0.05, 0) is 31.9 Å². The highest BCUT2D eigenvalue weighted by molar-refractivity contribution is 5.02. The molecule has 1 unspecified atom stereocenters. The van der Waals surface area contributed by atoms with Crippen LogP contribution in [0.2, 0.25) is 0 Å². The fourth-order valence-electron chi connectivity index (χ4n) is 3.45. The first-order valence-corrected chi connectivity index (χ1v) is 8.87. The molecule has 2 aliphatic rings. The molecule has 128 valence electrons. The molecule has 0 aliphatic carbocycles. The summed E-state index contributed by atoms with van der Waals surface area (Å²) < 4.78 is 11.5. The summed E-state index contributed by atoms with van der Waals surface area (Å²) in [6.07, 6.45) is 4.46. The first kappa shape index (κ1) is 16.8. The number of pyridine rings is 1. The molecular weight excluding hydrogens is 290 g/mol. The van der Waals surface area contributed by atoms with Crippen LogP contribution in [0.1, 0.15) is 25.5 Å². The monoisotopic (exact) mass is 319 g/mol. The highest BCUT2D eigenvalue weighted by atomic mass is 16.5. The van der Waals surface area contributed by atoms with E-state index in [9.17, 15) is 0 Å². The molecule has 5 nitrogen and oxygen atoms in total. The zero-order chi connectivity index (χ0) is 15.9. The van der Waals surface area contributed by atoms with Gasteiger partial charge in [0.05, 0.1) is 31.6 Å². The van der Waals surface area contributed by atoms with E-state index >= 15 is 0 Å². The molecule has 3 heterocycles. The molecule has 23 heavy (non-hydrogen) atoms. The highest BCUT2D eigenvalue weighted by Gasteiger charge is 2.24. The highest BCUT2D eigenvalue weighted by Crippen LogP contribution is 2.16. The Labute approximate surface area is 139 Å². The molecular formula is C18H29N3O2. The zero-order valence-electron chi connectivity index (χ0n) is 14.2. The van der Waals surface area contributed by atoms with Crippen LogP contribution in [0, 0.1) is 0 Å². The average molecular weight is 319 g/mol. The standard InChI is InChI=1S/C18H29N3O2/c1-16(21-10-12-22-13-11-21)14-20-8-5-18(6-9-20)23-15-17-4-2-3-7-19-17/h2-4,7,16,18H,5-6,8-15H2,1H3. The summed E-state index contributed by atoms with van der Waals surface area (Å²) in [4.78, 5) is 9.45. The number of likely N-dealkylation sites (tertiary alicyclic amines) is 1. The fourth-order valence-corrected chi connectivity index (χ4v) is 3.45. The van der Waals surface area contributed by atoms with Gasteiger partial charge in [-0.15, -0.1) is 0 Å². The Balaban J connectivity index is 1.35. The summed E-state index contributed by atoms with van der Waals surface area (Å²) in [7, 11) is 0. The third kappa shape index (κ3) is 5.24. The van der Waals surface area contributed by atoms with E-state index in [1.807, 2.05) is 24.4 Å². The van der Waals surface area contributed by atoms with Gasteiger partial charge in [0.25, 0.3) is 0 Å². The van der Waals surface area contributed by atoms with Crippen molar-refractivity contribution in [2.45, 2.75) is 38.5 Å². The Morgan fingerprint density at radius 1 is 1.22 bits per heavy atom. The molecule has 0 N–H and O–H groups in total. The molecule has 0 bridgehead atoms. The van der Waals surface area contributed by atoms with Gasteiger partial charge in [-0.25, -0.2) is 0 Å². The largest absolute Gasteiger partial charge is 0.379 e. The fraction of sp³-hybridized carbons (Fsp3) is 0.722. The number of nitrogens with zero attached hydrogens (tertiary/aromatic N) is 3. The molecule has 0 aromatic carbocycles. The number of rotatable bonds is 6. The van der Waals surface area contributed by atoms with E-state index < -0.39 is 0 Å². The van der Waals surface area contributed by atoms with Crippen molar-refractivity contribution in [2.24, 2.45) is 0 Å². The van der Waals surface area contributed by atoms with Crippen molar-refractivity contribution in [2.75, 3.05) is 45.9 Å². The summed E-state index contributed by atoms with van der Waals surface area (Å²) >= 11 is 0. The van der Waals surface area contributed by atoms with E-state index in [1.165, 1.54) is 0 Å². The number of hydrogen-bond acceptors (Lipinski definition) is 5. The second-order valence-electron chi connectivity index (χ2n) is 6.63. The van der Waals surface area contributed by atoms with Gasteiger partial charge in [0.15, 0.2) is 0 Å². The summed E-state index contributed by atoms with van der Waals surface area (Å²) in [5.41, 5.74) is 1.02. The Morgan fingerprint density at radius 3 is 2.70 bits per heavy atom. The van der Waals surface area contributed by atoms with E-state index in [-0.39, 0.29) is 0 Å². The Hall–Kier alpha value is -1.01. The first-order chi connectivity index (χ1) is 11.3. The van der Waals surface area contributed by atoms with Gasteiger partial charge in [0.1, 0.15) is 0 Å². The Morgan fingerprint density at radius 2 is 2.00 bits per heavy atom. The van der Waals surface area contributed by atoms with Crippen molar-refractivity contribution >= 4 is 0 Å². The lowest BCUT2D eigenvalue weighted by atomic mass is 10.1. The van der Waals surface area contributed by atoms with Crippen LogP contribution in [0.25, 0.3) is 0 Å². The van der Waals surface area contributed by atoms with Gasteiger partial charge in [-0.3, -0.25) is 9.88 Å². The molecule has 0 saturated carbocycles. The second kappa shape index (κ2) is 8.73. The molecule has 2 saturated heterocycles. The van der Waals surface area contributed by atoms with Gasteiger partial charge in [0.2, 0.25) is 0 Å². The number of morpholine rings is 1. The van der Waals surface area contributed by atoms with Crippen molar-refractivity contribution in [3.05, 3.63) is 30.1 Å². The number of ether oxygens (including phenoxy) is 2.